The molecule has 11 nitrogen and oxygen atoms in total. The van der Waals surface area contributed by atoms with E-state index in [4.69, 9.17) is 0 Å². The summed E-state index contributed by atoms with van der Waals surface area (Å²) in [5, 5.41) is 10.7. The maximum Gasteiger partial charge on any atom is 0.316 e. The van der Waals surface area contributed by atoms with Gasteiger partial charge in [0.2, 0.25) is 17.6 Å². The van der Waals surface area contributed by atoms with Gasteiger partial charge in [-0.1, -0.05) is 112 Å². The van der Waals surface area contributed by atoms with Crippen LogP contribution in [-0.4, -0.2) is 77.5 Å². The molecule has 1 aliphatic rings. The number of rotatable bonds is 13. The molecule has 262 valence electrons. The minimum atomic E-state index is -1.03. The number of amides is 5. The zero-order chi connectivity index (χ0) is 35.9. The van der Waals surface area contributed by atoms with Crippen LogP contribution < -0.4 is 21.3 Å². The van der Waals surface area contributed by atoms with Crippen LogP contribution in [0, 0.1) is 10.8 Å². The third kappa shape index (κ3) is 12.6. The van der Waals surface area contributed by atoms with Gasteiger partial charge in [-0.15, -0.1) is 6.58 Å². The Labute approximate surface area is 281 Å². The molecular weight excluding hydrogens is 598 g/mol. The van der Waals surface area contributed by atoms with Crippen molar-refractivity contribution >= 4 is 35.3 Å². The summed E-state index contributed by atoms with van der Waals surface area (Å²) in [6.45, 7) is 20.9. The average Bonchev–Trinajstić information content (AvgIpc) is 3.50. The number of nitrogens with one attached hydrogen (secondary N) is 4. The second-order valence-corrected chi connectivity index (χ2v) is 14.1. The third-order valence-electron chi connectivity index (χ3n) is 7.53. The normalized spacial score (nSPS) is 16.4. The van der Waals surface area contributed by atoms with E-state index in [-0.39, 0.29) is 25.3 Å². The number of likely N-dealkylation sites (tertiary alicyclic amines) is 1. The first-order valence-corrected chi connectivity index (χ1v) is 16.6. The molecule has 11 heteroatoms. The number of carbonyl (C=O) groups excluding carboxylic acids is 6. The number of carbonyl (C=O) groups is 6. The molecule has 1 saturated heterocycles. The Morgan fingerprint density at radius 3 is 1.96 bits per heavy atom. The number of hydrogen-bond donors (Lipinski definition) is 4. The Balaban J connectivity index is 0.00000354. The van der Waals surface area contributed by atoms with Crippen LogP contribution in [0.1, 0.15) is 105 Å². The van der Waals surface area contributed by atoms with E-state index in [9.17, 15) is 28.8 Å². The van der Waals surface area contributed by atoms with Crippen LogP contribution in [0.3, 0.4) is 0 Å². The SMILES string of the molecule is C=CCNC(=O)C(=O)C(CCC)NC(=O)C1CCCN1C(=O)C(NC(=O)NC(C(=O)c1ccccc1)C(C)(C)C)C(C)(C)C.CCC. The van der Waals surface area contributed by atoms with E-state index >= 15 is 0 Å². The minimum absolute atomic E-state index is 0.119. The Morgan fingerprint density at radius 1 is 0.894 bits per heavy atom. The topological polar surface area (TPSA) is 154 Å². The Hall–Kier alpha value is -4.02. The molecule has 47 heavy (non-hydrogen) atoms. The average molecular weight is 656 g/mol. The van der Waals surface area contributed by atoms with Crippen LogP contribution >= 0.6 is 0 Å². The van der Waals surface area contributed by atoms with Gasteiger partial charge in [0.1, 0.15) is 12.1 Å². The van der Waals surface area contributed by atoms with Crippen LogP contribution in [0.5, 0.6) is 0 Å². The van der Waals surface area contributed by atoms with Crippen molar-refractivity contribution in [3.8, 4) is 0 Å². The van der Waals surface area contributed by atoms with Crippen LogP contribution in [0.2, 0.25) is 0 Å². The smallest absolute Gasteiger partial charge is 0.316 e. The summed E-state index contributed by atoms with van der Waals surface area (Å²) < 4.78 is 0. The first kappa shape index (κ1) is 41.0. The molecule has 0 saturated carbocycles. The van der Waals surface area contributed by atoms with Gasteiger partial charge in [0.15, 0.2) is 5.78 Å². The molecule has 4 atom stereocenters. The molecular formula is C36H57N5O6. The molecule has 4 N–H and O–H groups in total. The van der Waals surface area contributed by atoms with Gasteiger partial charge in [0.05, 0.1) is 12.1 Å². The van der Waals surface area contributed by atoms with Crippen molar-refractivity contribution in [3.05, 3.63) is 48.6 Å². The quantitative estimate of drug-likeness (QED) is 0.139. The number of benzene rings is 1. The van der Waals surface area contributed by atoms with Crippen molar-refractivity contribution in [2.24, 2.45) is 10.8 Å². The van der Waals surface area contributed by atoms with Crippen LogP contribution in [0.4, 0.5) is 4.79 Å². The molecule has 4 unspecified atom stereocenters. The van der Waals surface area contributed by atoms with Gasteiger partial charge in [0.25, 0.3) is 5.91 Å². The number of urea groups is 1. The fourth-order valence-corrected chi connectivity index (χ4v) is 5.10. The second kappa shape index (κ2) is 19.0. The highest BCUT2D eigenvalue weighted by Gasteiger charge is 2.43. The number of hydrogen-bond acceptors (Lipinski definition) is 6. The van der Waals surface area contributed by atoms with Gasteiger partial charge in [-0.05, 0) is 30.1 Å². The Morgan fingerprint density at radius 2 is 1.45 bits per heavy atom. The van der Waals surface area contributed by atoms with Gasteiger partial charge in [-0.3, -0.25) is 24.0 Å². The first-order valence-electron chi connectivity index (χ1n) is 16.6. The molecule has 0 radical (unpaired) electrons. The molecule has 1 aromatic carbocycles. The highest BCUT2D eigenvalue weighted by atomic mass is 16.2. The lowest BCUT2D eigenvalue weighted by atomic mass is 9.82. The summed E-state index contributed by atoms with van der Waals surface area (Å²) in [7, 11) is 0. The molecule has 0 spiro atoms. The van der Waals surface area contributed by atoms with E-state index in [2.05, 4.69) is 41.7 Å². The molecule has 1 aromatic rings. The molecule has 1 fully saturated rings. The number of Topliss-reactive ketones (excluding diaryl/α,β-unsaturated/α-hetero) is 2. The fraction of sp³-hybridized carbons (Fsp3) is 0.611. The van der Waals surface area contributed by atoms with Gasteiger partial charge in [-0.25, -0.2) is 4.79 Å². The lowest BCUT2D eigenvalue weighted by Gasteiger charge is -2.37. The molecule has 5 amide bonds. The lowest BCUT2D eigenvalue weighted by molar-refractivity contribution is -0.143. The predicted octanol–water partition coefficient (Wildman–Crippen LogP) is 4.56. The second-order valence-electron chi connectivity index (χ2n) is 14.1. The van der Waals surface area contributed by atoms with E-state index in [0.717, 1.165) is 0 Å². The van der Waals surface area contributed by atoms with Crippen molar-refractivity contribution in [1.82, 2.24) is 26.2 Å². The van der Waals surface area contributed by atoms with Crippen molar-refractivity contribution < 1.29 is 28.8 Å². The van der Waals surface area contributed by atoms with E-state index in [1.54, 1.807) is 51.1 Å². The minimum Gasteiger partial charge on any atom is -0.346 e. The summed E-state index contributed by atoms with van der Waals surface area (Å²) in [4.78, 5) is 80.5. The van der Waals surface area contributed by atoms with Gasteiger partial charge < -0.3 is 26.2 Å². The summed E-state index contributed by atoms with van der Waals surface area (Å²) in [6, 6.07) is 4.20. The maximum atomic E-state index is 13.9. The summed E-state index contributed by atoms with van der Waals surface area (Å²) in [5.41, 5.74) is -0.915. The van der Waals surface area contributed by atoms with Gasteiger partial charge in [0, 0.05) is 18.7 Å². The molecule has 0 aliphatic carbocycles. The van der Waals surface area contributed by atoms with Crippen molar-refractivity contribution in [3.63, 3.8) is 0 Å². The molecule has 2 rings (SSSR count). The first-order chi connectivity index (χ1) is 21.9. The van der Waals surface area contributed by atoms with Crippen molar-refractivity contribution in [2.45, 2.75) is 119 Å². The molecule has 0 bridgehead atoms. The van der Waals surface area contributed by atoms with Crippen LogP contribution in [0.25, 0.3) is 0 Å². The zero-order valence-corrected chi connectivity index (χ0v) is 29.8. The molecule has 0 aromatic heterocycles. The summed E-state index contributed by atoms with van der Waals surface area (Å²) in [5.74, 6) is -2.81. The third-order valence-corrected chi connectivity index (χ3v) is 7.53. The monoisotopic (exact) mass is 655 g/mol. The Bertz CT molecular complexity index is 1230. The van der Waals surface area contributed by atoms with E-state index < -0.39 is 64.5 Å². The van der Waals surface area contributed by atoms with Gasteiger partial charge >= 0.3 is 6.03 Å². The highest BCUT2D eigenvalue weighted by Crippen LogP contribution is 2.27. The maximum absolute atomic E-state index is 13.9. The highest BCUT2D eigenvalue weighted by molar-refractivity contribution is 6.38. The van der Waals surface area contributed by atoms with Crippen molar-refractivity contribution in [2.75, 3.05) is 13.1 Å². The van der Waals surface area contributed by atoms with E-state index in [1.165, 1.54) is 17.4 Å². The number of ketones is 2. The largest absolute Gasteiger partial charge is 0.346 e. The standard InChI is InChI=1S/C33H49N5O6.C3H8/c1-9-15-22(25(40)29(42)34-19-10-2)35-28(41)23-18-14-20-38(23)30(43)27(33(6,7)8)37-31(44)36-26(32(3,4)5)24(39)21-16-12-11-13-17-21;1-3-2/h10-13,16-17,22-23,26-27H,2,9,14-15,18-20H2,1,3-8H3,(H,34,42)(H,35,41)(H2,36,37,44);3H2,1-2H3. The van der Waals surface area contributed by atoms with E-state index in [1.807, 2.05) is 27.7 Å². The number of nitrogens with zero attached hydrogens (tertiary/aromatic N) is 1. The van der Waals surface area contributed by atoms with E-state index in [0.29, 0.717) is 24.8 Å². The predicted molar refractivity (Wildman–Crippen MR) is 185 cm³/mol. The van der Waals surface area contributed by atoms with Crippen molar-refractivity contribution in [1.29, 1.82) is 0 Å². The lowest BCUT2D eigenvalue weighted by Crippen LogP contribution is -2.61. The van der Waals surface area contributed by atoms with Gasteiger partial charge in [-0.2, -0.15) is 0 Å². The molecule has 1 heterocycles. The van der Waals surface area contributed by atoms with Crippen LogP contribution in [0.15, 0.2) is 43.0 Å². The summed E-state index contributed by atoms with van der Waals surface area (Å²) in [6.07, 6.45) is 4.43. The Kier molecular flexibility index (Phi) is 16.5. The fourth-order valence-electron chi connectivity index (χ4n) is 5.10. The summed E-state index contributed by atoms with van der Waals surface area (Å²) >= 11 is 0. The molecule has 1 aliphatic heterocycles. The van der Waals surface area contributed by atoms with Crippen LogP contribution in [-0.2, 0) is 19.2 Å². The zero-order valence-electron chi connectivity index (χ0n) is 29.8.